The van der Waals surface area contributed by atoms with Gasteiger partial charge in [-0.25, -0.2) is 8.78 Å². The van der Waals surface area contributed by atoms with Crippen LogP contribution >= 0.6 is 23.4 Å². The summed E-state index contributed by atoms with van der Waals surface area (Å²) in [6.45, 7) is 1.61. The van der Waals surface area contributed by atoms with Crippen molar-refractivity contribution in [1.29, 1.82) is 0 Å². The molecule has 0 aromatic heterocycles. The molecule has 1 amide bonds. The molecule has 2 aromatic carbocycles. The summed E-state index contributed by atoms with van der Waals surface area (Å²) in [6.07, 6.45) is 0. The van der Waals surface area contributed by atoms with Crippen LogP contribution in [0.2, 0.25) is 5.02 Å². The van der Waals surface area contributed by atoms with E-state index in [4.69, 9.17) is 16.3 Å². The Balaban J connectivity index is 2.05. The van der Waals surface area contributed by atoms with Crippen LogP contribution in [-0.2, 0) is 4.79 Å². The third-order valence-electron chi connectivity index (χ3n) is 2.99. The largest absolute Gasteiger partial charge is 0.495 e. The molecule has 0 aliphatic rings. The van der Waals surface area contributed by atoms with Gasteiger partial charge in [0, 0.05) is 10.6 Å². The fraction of sp³-hybridized carbons (Fsp3) is 0.188. The number of ether oxygens (including phenoxy) is 1. The average Bonchev–Trinajstić information content (AvgIpc) is 2.51. The predicted octanol–water partition coefficient (Wildman–Crippen LogP) is 4.75. The molecule has 0 saturated heterocycles. The SMILES string of the molecule is COc1ccc(NC(=O)[C@H](C)Sc2cc(F)ccc2F)cc1Cl. The first-order valence-electron chi connectivity index (χ1n) is 6.67. The predicted molar refractivity (Wildman–Crippen MR) is 88.3 cm³/mol. The normalized spacial score (nSPS) is 11.9. The zero-order valence-corrected chi connectivity index (χ0v) is 14.0. The van der Waals surface area contributed by atoms with E-state index in [1.54, 1.807) is 25.1 Å². The number of hydrogen-bond acceptors (Lipinski definition) is 3. The minimum Gasteiger partial charge on any atom is -0.495 e. The van der Waals surface area contributed by atoms with Gasteiger partial charge in [-0.15, -0.1) is 11.8 Å². The van der Waals surface area contributed by atoms with Crippen LogP contribution in [0.15, 0.2) is 41.3 Å². The van der Waals surface area contributed by atoms with Crippen LogP contribution in [0, 0.1) is 11.6 Å². The number of carbonyl (C=O) groups is 1. The molecule has 0 saturated carbocycles. The average molecular weight is 358 g/mol. The maximum absolute atomic E-state index is 13.6. The van der Waals surface area contributed by atoms with Gasteiger partial charge < -0.3 is 10.1 Å². The van der Waals surface area contributed by atoms with Crippen LogP contribution < -0.4 is 10.1 Å². The van der Waals surface area contributed by atoms with Crippen molar-refractivity contribution >= 4 is 35.0 Å². The van der Waals surface area contributed by atoms with E-state index < -0.39 is 16.9 Å². The van der Waals surface area contributed by atoms with Crippen LogP contribution in [0.1, 0.15) is 6.92 Å². The van der Waals surface area contributed by atoms with Crippen molar-refractivity contribution in [3.05, 3.63) is 53.1 Å². The Morgan fingerprint density at radius 2 is 2.00 bits per heavy atom. The lowest BCUT2D eigenvalue weighted by Crippen LogP contribution is -2.22. The minimum absolute atomic E-state index is 0.0837. The molecule has 0 unspecified atom stereocenters. The van der Waals surface area contributed by atoms with Crippen LogP contribution in [0.3, 0.4) is 0 Å². The molecule has 1 N–H and O–H groups in total. The molecular formula is C16H14ClF2NO2S. The maximum atomic E-state index is 13.6. The zero-order valence-electron chi connectivity index (χ0n) is 12.4. The molecule has 0 aliphatic carbocycles. The van der Waals surface area contributed by atoms with Crippen LogP contribution in [0.5, 0.6) is 5.75 Å². The molecule has 0 heterocycles. The van der Waals surface area contributed by atoms with Crippen molar-refractivity contribution < 1.29 is 18.3 Å². The summed E-state index contributed by atoms with van der Waals surface area (Å²) in [4.78, 5) is 12.2. The van der Waals surface area contributed by atoms with Gasteiger partial charge in [0.1, 0.15) is 17.4 Å². The van der Waals surface area contributed by atoms with Crippen molar-refractivity contribution in [2.45, 2.75) is 17.1 Å². The number of thioether (sulfide) groups is 1. The molecule has 23 heavy (non-hydrogen) atoms. The fourth-order valence-corrected chi connectivity index (χ4v) is 2.97. The molecule has 1 atom stereocenters. The molecule has 122 valence electrons. The Labute approximate surface area is 142 Å². The van der Waals surface area contributed by atoms with Crippen molar-refractivity contribution in [3.63, 3.8) is 0 Å². The first-order valence-corrected chi connectivity index (χ1v) is 7.92. The van der Waals surface area contributed by atoms with Crippen molar-refractivity contribution in [2.24, 2.45) is 0 Å². The van der Waals surface area contributed by atoms with Crippen LogP contribution in [0.25, 0.3) is 0 Å². The number of carbonyl (C=O) groups excluding carboxylic acids is 1. The van der Waals surface area contributed by atoms with E-state index in [9.17, 15) is 13.6 Å². The number of hydrogen-bond donors (Lipinski definition) is 1. The third-order valence-corrected chi connectivity index (χ3v) is 4.42. The summed E-state index contributed by atoms with van der Waals surface area (Å²) in [7, 11) is 1.49. The molecule has 0 radical (unpaired) electrons. The van der Waals surface area contributed by atoms with Gasteiger partial charge in [-0.05, 0) is 43.3 Å². The number of anilines is 1. The number of halogens is 3. The minimum atomic E-state index is -0.618. The molecule has 0 fully saturated rings. The van der Waals surface area contributed by atoms with E-state index in [2.05, 4.69) is 5.32 Å². The smallest absolute Gasteiger partial charge is 0.237 e. The fourth-order valence-electron chi connectivity index (χ4n) is 1.80. The molecule has 3 nitrogen and oxygen atoms in total. The second-order valence-electron chi connectivity index (χ2n) is 4.67. The first kappa shape index (κ1) is 17.6. The Morgan fingerprint density at radius 3 is 2.65 bits per heavy atom. The number of rotatable bonds is 5. The summed E-state index contributed by atoms with van der Waals surface area (Å²) in [6, 6.07) is 7.95. The van der Waals surface area contributed by atoms with E-state index >= 15 is 0 Å². The summed E-state index contributed by atoms with van der Waals surface area (Å²) in [5.41, 5.74) is 0.493. The monoisotopic (exact) mass is 357 g/mol. The lowest BCUT2D eigenvalue weighted by Gasteiger charge is -2.13. The molecule has 0 aliphatic heterocycles. The van der Waals surface area contributed by atoms with Gasteiger partial charge in [0.25, 0.3) is 0 Å². The van der Waals surface area contributed by atoms with E-state index in [0.29, 0.717) is 16.5 Å². The van der Waals surface area contributed by atoms with Gasteiger partial charge in [-0.2, -0.15) is 0 Å². The van der Waals surface area contributed by atoms with Crippen LogP contribution in [-0.4, -0.2) is 18.3 Å². The molecule has 7 heteroatoms. The highest BCUT2D eigenvalue weighted by Gasteiger charge is 2.17. The van der Waals surface area contributed by atoms with Gasteiger partial charge in [0.2, 0.25) is 5.91 Å². The summed E-state index contributed by atoms with van der Waals surface area (Å²) in [5, 5.41) is 2.42. The van der Waals surface area contributed by atoms with E-state index in [1.807, 2.05) is 0 Å². The second-order valence-corrected chi connectivity index (χ2v) is 6.46. The second kappa shape index (κ2) is 7.66. The quantitative estimate of drug-likeness (QED) is 0.785. The number of benzene rings is 2. The molecule has 2 aromatic rings. The standard InChI is InChI=1S/C16H14ClF2NO2S/c1-9(23-15-7-10(18)3-5-13(15)19)16(21)20-11-4-6-14(22-2)12(17)8-11/h3-9H,1-2H3,(H,20,21)/t9-/m0/s1. The highest BCUT2D eigenvalue weighted by molar-refractivity contribution is 8.00. The van der Waals surface area contributed by atoms with Crippen molar-refractivity contribution in [2.75, 3.05) is 12.4 Å². The Bertz CT molecular complexity index is 727. The number of methoxy groups -OCH3 is 1. The first-order chi connectivity index (χ1) is 10.9. The number of amides is 1. The van der Waals surface area contributed by atoms with E-state index in [1.165, 1.54) is 7.11 Å². The van der Waals surface area contributed by atoms with Crippen molar-refractivity contribution in [1.82, 2.24) is 0 Å². The van der Waals surface area contributed by atoms with Gasteiger partial charge in [0.05, 0.1) is 17.4 Å². The summed E-state index contributed by atoms with van der Waals surface area (Å²) >= 11 is 6.93. The summed E-state index contributed by atoms with van der Waals surface area (Å²) < 4.78 is 31.8. The molecule has 2 rings (SSSR count). The third kappa shape index (κ3) is 4.59. The highest BCUT2D eigenvalue weighted by atomic mass is 35.5. The topological polar surface area (TPSA) is 38.3 Å². The Hall–Kier alpha value is -1.79. The van der Waals surface area contributed by atoms with Crippen molar-refractivity contribution in [3.8, 4) is 5.75 Å². The summed E-state index contributed by atoms with van der Waals surface area (Å²) in [5.74, 6) is -0.971. The number of nitrogens with one attached hydrogen (secondary N) is 1. The zero-order chi connectivity index (χ0) is 17.0. The van der Waals surface area contributed by atoms with E-state index in [0.717, 1.165) is 30.0 Å². The molecule has 0 bridgehead atoms. The highest BCUT2D eigenvalue weighted by Crippen LogP contribution is 2.29. The lowest BCUT2D eigenvalue weighted by molar-refractivity contribution is -0.115. The maximum Gasteiger partial charge on any atom is 0.237 e. The lowest BCUT2D eigenvalue weighted by atomic mass is 10.3. The Morgan fingerprint density at radius 1 is 1.26 bits per heavy atom. The molecule has 0 spiro atoms. The van der Waals surface area contributed by atoms with Crippen LogP contribution in [0.4, 0.5) is 14.5 Å². The van der Waals surface area contributed by atoms with Gasteiger partial charge in [0.15, 0.2) is 0 Å². The Kier molecular flexibility index (Phi) is 5.85. The molecular weight excluding hydrogens is 344 g/mol. The van der Waals surface area contributed by atoms with E-state index in [-0.39, 0.29) is 10.8 Å². The van der Waals surface area contributed by atoms with Gasteiger partial charge in [-0.3, -0.25) is 4.79 Å². The van der Waals surface area contributed by atoms with Gasteiger partial charge in [-0.1, -0.05) is 11.6 Å². The van der Waals surface area contributed by atoms with Gasteiger partial charge >= 0.3 is 0 Å².